The average Bonchev–Trinajstić information content (AvgIpc) is 2.42. The van der Waals surface area contributed by atoms with Crippen LogP contribution in [0.5, 0.6) is 0 Å². The van der Waals surface area contributed by atoms with Crippen molar-refractivity contribution in [2.24, 2.45) is 0 Å². The quantitative estimate of drug-likeness (QED) is 0.709. The molecule has 0 spiro atoms. The Kier molecular flexibility index (Phi) is 7.38. The largest absolute Gasteiger partial charge is 0.312 e. The van der Waals surface area contributed by atoms with E-state index in [1.54, 1.807) is 0 Å². The molecule has 0 aromatic heterocycles. The first-order valence-corrected chi connectivity index (χ1v) is 6.86. The molecule has 0 aliphatic carbocycles. The molecule has 1 atom stereocenters. The van der Waals surface area contributed by atoms with Gasteiger partial charge in [0, 0.05) is 25.7 Å². The van der Waals surface area contributed by atoms with E-state index in [0.29, 0.717) is 6.04 Å². The molecule has 1 aromatic carbocycles. The first kappa shape index (κ1) is 14.9. The number of nitrogens with one attached hydrogen (secondary N) is 1. The molecule has 1 rings (SSSR count). The maximum atomic E-state index is 3.44. The Bertz CT molecular complexity index is 332. The molecule has 0 aliphatic rings. The summed E-state index contributed by atoms with van der Waals surface area (Å²) in [6.45, 7) is 7.59. The van der Waals surface area contributed by atoms with Crippen LogP contribution in [0.1, 0.15) is 25.8 Å². The van der Waals surface area contributed by atoms with Gasteiger partial charge in [-0.1, -0.05) is 49.4 Å². The van der Waals surface area contributed by atoms with E-state index in [2.05, 4.69) is 67.5 Å². The van der Waals surface area contributed by atoms with Crippen molar-refractivity contribution >= 4 is 6.08 Å². The molecule has 0 fully saturated rings. The molecule has 1 unspecified atom stereocenters. The average molecular weight is 246 g/mol. The van der Waals surface area contributed by atoms with Crippen LogP contribution in [0.25, 0.3) is 6.08 Å². The number of rotatable bonds is 8. The van der Waals surface area contributed by atoms with Crippen molar-refractivity contribution < 1.29 is 0 Å². The van der Waals surface area contributed by atoms with Crippen LogP contribution in [0.3, 0.4) is 0 Å². The second-order valence-corrected chi connectivity index (χ2v) is 4.76. The lowest BCUT2D eigenvalue weighted by Crippen LogP contribution is -2.35. The Balaban J connectivity index is 2.10. The van der Waals surface area contributed by atoms with Gasteiger partial charge < -0.3 is 10.2 Å². The molecule has 1 N–H and O–H groups in total. The summed E-state index contributed by atoms with van der Waals surface area (Å²) in [5.74, 6) is 0. The number of likely N-dealkylation sites (N-methyl/N-ethyl adjacent to an activating group) is 1. The summed E-state index contributed by atoms with van der Waals surface area (Å²) in [6, 6.07) is 11.1. The van der Waals surface area contributed by atoms with E-state index >= 15 is 0 Å². The molecule has 0 aliphatic heterocycles. The van der Waals surface area contributed by atoms with Gasteiger partial charge in [0.2, 0.25) is 0 Å². The first-order chi connectivity index (χ1) is 8.74. The molecule has 100 valence electrons. The second kappa shape index (κ2) is 8.90. The highest BCUT2D eigenvalue weighted by Crippen LogP contribution is 2.00. The Labute approximate surface area is 112 Å². The van der Waals surface area contributed by atoms with E-state index in [9.17, 15) is 0 Å². The van der Waals surface area contributed by atoms with Crippen LogP contribution in [-0.2, 0) is 0 Å². The third-order valence-electron chi connectivity index (χ3n) is 3.36. The fourth-order valence-electron chi connectivity index (χ4n) is 1.73. The van der Waals surface area contributed by atoms with Crippen molar-refractivity contribution in [3.8, 4) is 0 Å². The molecule has 0 heterocycles. The van der Waals surface area contributed by atoms with Crippen molar-refractivity contribution in [1.82, 2.24) is 10.2 Å². The highest BCUT2D eigenvalue weighted by Gasteiger charge is 2.04. The minimum absolute atomic E-state index is 0.673. The van der Waals surface area contributed by atoms with E-state index in [-0.39, 0.29) is 0 Å². The van der Waals surface area contributed by atoms with Gasteiger partial charge in [0.25, 0.3) is 0 Å². The van der Waals surface area contributed by atoms with Gasteiger partial charge in [-0.15, -0.1) is 0 Å². The van der Waals surface area contributed by atoms with Crippen LogP contribution in [0.15, 0.2) is 36.4 Å². The number of hydrogen-bond donors (Lipinski definition) is 1. The number of benzene rings is 1. The predicted molar refractivity (Wildman–Crippen MR) is 80.7 cm³/mol. The van der Waals surface area contributed by atoms with Gasteiger partial charge >= 0.3 is 0 Å². The van der Waals surface area contributed by atoms with Crippen LogP contribution >= 0.6 is 0 Å². The lowest BCUT2D eigenvalue weighted by molar-refractivity contribution is 0.253. The normalized spacial score (nSPS) is 13.3. The summed E-state index contributed by atoms with van der Waals surface area (Å²) in [4.78, 5) is 2.40. The topological polar surface area (TPSA) is 15.3 Å². The Morgan fingerprint density at radius 3 is 2.67 bits per heavy atom. The third-order valence-corrected chi connectivity index (χ3v) is 3.36. The van der Waals surface area contributed by atoms with Gasteiger partial charge in [0.1, 0.15) is 0 Å². The lowest BCUT2D eigenvalue weighted by Gasteiger charge is -2.23. The monoisotopic (exact) mass is 246 g/mol. The van der Waals surface area contributed by atoms with Crippen molar-refractivity contribution in [2.45, 2.75) is 26.3 Å². The SMILES string of the molecule is CCC(C)N(C)CCNC/C=C/c1ccccc1. The maximum Gasteiger partial charge on any atom is 0.0138 e. The fraction of sp³-hybridized carbons (Fsp3) is 0.500. The molecule has 1 aromatic rings. The van der Waals surface area contributed by atoms with Gasteiger partial charge in [0.15, 0.2) is 0 Å². The second-order valence-electron chi connectivity index (χ2n) is 4.76. The van der Waals surface area contributed by atoms with Crippen LogP contribution in [-0.4, -0.2) is 37.6 Å². The zero-order valence-electron chi connectivity index (χ0n) is 11.9. The van der Waals surface area contributed by atoms with Gasteiger partial charge in [-0.05, 0) is 26.0 Å². The lowest BCUT2D eigenvalue weighted by atomic mass is 10.2. The van der Waals surface area contributed by atoms with Crippen molar-refractivity contribution in [3.63, 3.8) is 0 Å². The van der Waals surface area contributed by atoms with Gasteiger partial charge in [-0.2, -0.15) is 0 Å². The van der Waals surface area contributed by atoms with Crippen LogP contribution in [0.4, 0.5) is 0 Å². The van der Waals surface area contributed by atoms with Crippen molar-refractivity contribution in [1.29, 1.82) is 0 Å². The minimum atomic E-state index is 0.673. The predicted octanol–water partition coefficient (Wildman–Crippen LogP) is 3.02. The molecule has 18 heavy (non-hydrogen) atoms. The van der Waals surface area contributed by atoms with Crippen molar-refractivity contribution in [2.75, 3.05) is 26.7 Å². The minimum Gasteiger partial charge on any atom is -0.312 e. The highest BCUT2D eigenvalue weighted by molar-refractivity contribution is 5.48. The molecule has 0 bridgehead atoms. The van der Waals surface area contributed by atoms with Crippen molar-refractivity contribution in [3.05, 3.63) is 42.0 Å². The molecule has 0 radical (unpaired) electrons. The Hall–Kier alpha value is -1.12. The van der Waals surface area contributed by atoms with Gasteiger partial charge in [0.05, 0.1) is 0 Å². The van der Waals surface area contributed by atoms with E-state index < -0.39 is 0 Å². The molecule has 0 saturated carbocycles. The summed E-state index contributed by atoms with van der Waals surface area (Å²) in [7, 11) is 2.19. The van der Waals surface area contributed by atoms with Crippen LogP contribution in [0, 0.1) is 0 Å². The first-order valence-electron chi connectivity index (χ1n) is 6.86. The summed E-state index contributed by atoms with van der Waals surface area (Å²) >= 11 is 0. The molecule has 0 saturated heterocycles. The zero-order valence-corrected chi connectivity index (χ0v) is 11.9. The Morgan fingerprint density at radius 1 is 1.28 bits per heavy atom. The molecular weight excluding hydrogens is 220 g/mol. The van der Waals surface area contributed by atoms with E-state index in [4.69, 9.17) is 0 Å². The summed E-state index contributed by atoms with van der Waals surface area (Å²) in [5.41, 5.74) is 1.26. The molecular formula is C16H26N2. The van der Waals surface area contributed by atoms with Crippen LogP contribution < -0.4 is 5.32 Å². The standard InChI is InChI=1S/C16H26N2/c1-4-15(2)18(3)14-13-17-12-8-11-16-9-6-5-7-10-16/h5-11,15,17H,4,12-14H2,1-3H3/b11-8+. The summed E-state index contributed by atoms with van der Waals surface area (Å²) in [6.07, 6.45) is 5.55. The molecule has 2 heteroatoms. The molecule has 0 amide bonds. The number of nitrogens with zero attached hydrogens (tertiary/aromatic N) is 1. The maximum absolute atomic E-state index is 3.44. The third kappa shape index (κ3) is 5.99. The van der Waals surface area contributed by atoms with E-state index in [1.807, 2.05) is 6.07 Å². The smallest absolute Gasteiger partial charge is 0.0138 e. The summed E-state index contributed by atoms with van der Waals surface area (Å²) in [5, 5.41) is 3.44. The van der Waals surface area contributed by atoms with E-state index in [0.717, 1.165) is 19.6 Å². The van der Waals surface area contributed by atoms with Gasteiger partial charge in [-0.3, -0.25) is 0 Å². The van der Waals surface area contributed by atoms with E-state index in [1.165, 1.54) is 12.0 Å². The molecule has 2 nitrogen and oxygen atoms in total. The Morgan fingerprint density at radius 2 is 2.00 bits per heavy atom. The number of hydrogen-bond acceptors (Lipinski definition) is 2. The highest BCUT2D eigenvalue weighted by atomic mass is 15.1. The fourth-order valence-corrected chi connectivity index (χ4v) is 1.73. The summed E-state index contributed by atoms with van der Waals surface area (Å²) < 4.78 is 0. The van der Waals surface area contributed by atoms with Gasteiger partial charge in [-0.25, -0.2) is 0 Å². The zero-order chi connectivity index (χ0) is 13.2. The van der Waals surface area contributed by atoms with Crippen LogP contribution in [0.2, 0.25) is 0 Å².